The van der Waals surface area contributed by atoms with E-state index in [0.29, 0.717) is 17.9 Å². The van der Waals surface area contributed by atoms with E-state index in [1.807, 2.05) is 17.9 Å². The van der Waals surface area contributed by atoms with Crippen LogP contribution in [0.5, 0.6) is 5.75 Å². The number of aromatic hydroxyl groups is 1. The molecule has 3 aliphatic rings. The SMILES string of the molecule is Cc1ncnc(C(=O)N2CCN(c3c4n(c5nc(C6=CCCCCC6)nn5c3=O)[C@@H](C(=O)Nc3ccc(S(F)(F)(F)(F)F)cc3)C[C@H]4C)CC2)c1O. The standard InChI is InChI=1S/C33H36F5N9O4S/c1-19-17-24(30(49)41-22-9-11-23(12-10-22)52(34,35,36,37)38)46-26(19)27(32(51)47-33(46)42-29(43-47)21-7-5-3-4-6-8-21)44-13-15-45(16-14-44)31(50)25-28(48)20(2)39-18-40-25/h7,9-12,18-19,24,48H,3-6,8,13-17H2,1-2H3,(H,41,49)/t19-,24-/m1/s1. The number of rotatable bonds is 6. The summed E-state index contributed by atoms with van der Waals surface area (Å²) in [5.74, 6) is -1.35. The molecule has 1 fully saturated rings. The molecule has 2 aliphatic heterocycles. The molecule has 3 aromatic heterocycles. The first-order valence-corrected chi connectivity index (χ1v) is 18.8. The number of hydrogen-bond acceptors (Lipinski definition) is 9. The van der Waals surface area contributed by atoms with Gasteiger partial charge in [0.1, 0.15) is 23.0 Å². The minimum Gasteiger partial charge on any atom is -0.504 e. The van der Waals surface area contributed by atoms with Gasteiger partial charge < -0.3 is 20.2 Å². The third-order valence-electron chi connectivity index (χ3n) is 9.85. The van der Waals surface area contributed by atoms with Gasteiger partial charge in [0.15, 0.2) is 17.3 Å². The molecule has 2 amide bonds. The van der Waals surface area contributed by atoms with Crippen LogP contribution in [0.1, 0.15) is 85.1 Å². The highest BCUT2D eigenvalue weighted by Crippen LogP contribution is 3.02. The molecule has 7 rings (SSSR count). The number of carbonyl (C=O) groups is 2. The predicted molar refractivity (Wildman–Crippen MR) is 183 cm³/mol. The lowest BCUT2D eigenvalue weighted by Gasteiger charge is -2.40. The Labute approximate surface area is 293 Å². The zero-order valence-corrected chi connectivity index (χ0v) is 29.1. The fourth-order valence-corrected chi connectivity index (χ4v) is 7.81. The van der Waals surface area contributed by atoms with E-state index >= 15 is 0 Å². The van der Waals surface area contributed by atoms with E-state index in [-0.39, 0.29) is 84.9 Å². The van der Waals surface area contributed by atoms with Crippen LogP contribution in [-0.4, -0.2) is 77.1 Å². The minimum atomic E-state index is -9.92. The molecule has 1 saturated heterocycles. The van der Waals surface area contributed by atoms with Crippen LogP contribution in [0, 0.1) is 6.92 Å². The van der Waals surface area contributed by atoms with Gasteiger partial charge in [0, 0.05) is 37.8 Å². The number of amides is 2. The average molecular weight is 750 g/mol. The molecule has 2 atom stereocenters. The Kier molecular flexibility index (Phi) is 8.15. The molecule has 0 saturated carbocycles. The summed E-state index contributed by atoms with van der Waals surface area (Å²) in [5, 5.41) is 17.6. The highest BCUT2D eigenvalue weighted by Gasteiger charge is 2.65. The van der Waals surface area contributed by atoms with Gasteiger partial charge in [-0.1, -0.05) is 38.8 Å². The highest BCUT2D eigenvalue weighted by molar-refractivity contribution is 8.45. The molecule has 1 aliphatic carbocycles. The van der Waals surface area contributed by atoms with Gasteiger partial charge in [-0.3, -0.25) is 19.0 Å². The van der Waals surface area contributed by atoms with Crippen LogP contribution in [0.2, 0.25) is 0 Å². The van der Waals surface area contributed by atoms with Crippen molar-refractivity contribution < 1.29 is 34.1 Å². The maximum Gasteiger partial charge on any atom is 0.310 e. The number of nitrogens with zero attached hydrogens (tertiary/aromatic N) is 8. The van der Waals surface area contributed by atoms with E-state index in [2.05, 4.69) is 20.4 Å². The normalized spacial score (nSPS) is 20.9. The topological polar surface area (TPSA) is 151 Å². The maximum atomic E-state index is 14.4. The Morgan fingerprint density at radius 1 is 0.981 bits per heavy atom. The number of aromatic nitrogens is 6. The summed E-state index contributed by atoms with van der Waals surface area (Å²) < 4.78 is 69.4. The van der Waals surface area contributed by atoms with Gasteiger partial charge in [0.2, 0.25) is 11.7 Å². The fraction of sp³-hybridized carbons (Fsp3) is 0.424. The molecule has 0 bridgehead atoms. The number of nitrogens with one attached hydrogen (secondary N) is 1. The monoisotopic (exact) mass is 749 g/mol. The second-order valence-corrected chi connectivity index (χ2v) is 15.9. The maximum absolute atomic E-state index is 14.4. The zero-order chi connectivity index (χ0) is 37.2. The molecule has 5 heterocycles. The number of piperazine rings is 1. The Morgan fingerprint density at radius 2 is 1.69 bits per heavy atom. The van der Waals surface area contributed by atoms with Crippen LogP contribution in [0.4, 0.5) is 30.8 Å². The molecule has 0 spiro atoms. The lowest BCUT2D eigenvalue weighted by molar-refractivity contribution is -0.119. The van der Waals surface area contributed by atoms with Crippen molar-refractivity contribution in [1.82, 2.24) is 34.0 Å². The third-order valence-corrected chi connectivity index (χ3v) is 11.0. The molecule has 2 N–H and O–H groups in total. The molecule has 19 heteroatoms. The van der Waals surface area contributed by atoms with Gasteiger partial charge in [0.05, 0.1) is 11.4 Å². The van der Waals surface area contributed by atoms with Crippen molar-refractivity contribution >= 4 is 44.8 Å². The number of anilines is 2. The van der Waals surface area contributed by atoms with Crippen LogP contribution in [0.25, 0.3) is 11.4 Å². The van der Waals surface area contributed by atoms with Gasteiger partial charge in [-0.05, 0) is 68.9 Å². The molecule has 0 radical (unpaired) electrons. The third kappa shape index (κ3) is 6.45. The lowest BCUT2D eigenvalue weighted by atomic mass is 10.0. The van der Waals surface area contributed by atoms with Gasteiger partial charge in [0.25, 0.3) is 11.5 Å². The first-order chi connectivity index (χ1) is 24.4. The van der Waals surface area contributed by atoms with Gasteiger partial charge in [-0.25, -0.2) is 9.97 Å². The zero-order valence-electron chi connectivity index (χ0n) is 28.2. The highest BCUT2D eigenvalue weighted by atomic mass is 32.5. The molecular formula is C33H36F5N9O4S. The number of fused-ring (bicyclic) bond motifs is 3. The summed E-state index contributed by atoms with van der Waals surface area (Å²) in [6.07, 6.45) is 7.92. The summed E-state index contributed by atoms with van der Waals surface area (Å²) in [6, 6.07) is 1.02. The van der Waals surface area contributed by atoms with E-state index < -0.39 is 38.5 Å². The summed E-state index contributed by atoms with van der Waals surface area (Å²) in [7, 11) is -9.92. The number of allylic oxidation sites excluding steroid dienone is 2. The molecule has 1 aromatic carbocycles. The van der Waals surface area contributed by atoms with Crippen LogP contribution < -0.4 is 15.8 Å². The number of halogens is 5. The molecule has 52 heavy (non-hydrogen) atoms. The number of hydrogen-bond donors (Lipinski definition) is 2. The van der Waals surface area contributed by atoms with Crippen LogP contribution in [0.15, 0.2) is 46.4 Å². The average Bonchev–Trinajstić information content (AvgIpc) is 3.56. The van der Waals surface area contributed by atoms with Crippen molar-refractivity contribution in [2.75, 3.05) is 36.4 Å². The van der Waals surface area contributed by atoms with Crippen molar-refractivity contribution in [3.63, 3.8) is 0 Å². The number of carbonyl (C=O) groups excluding carboxylic acids is 2. The van der Waals surface area contributed by atoms with Crippen LogP contribution in [0.3, 0.4) is 0 Å². The van der Waals surface area contributed by atoms with E-state index in [1.54, 1.807) is 11.5 Å². The smallest absolute Gasteiger partial charge is 0.310 e. The van der Waals surface area contributed by atoms with Crippen molar-refractivity contribution in [3.05, 3.63) is 69.9 Å². The van der Waals surface area contributed by atoms with E-state index in [9.17, 15) is 38.9 Å². The summed E-state index contributed by atoms with van der Waals surface area (Å²) in [4.78, 5) is 55.4. The molecule has 0 unspecified atom stereocenters. The Bertz CT molecular complexity index is 2200. The lowest BCUT2D eigenvalue weighted by Crippen LogP contribution is -2.51. The molecule has 13 nitrogen and oxygen atoms in total. The van der Waals surface area contributed by atoms with E-state index in [1.165, 1.54) is 15.7 Å². The largest absolute Gasteiger partial charge is 0.504 e. The first kappa shape index (κ1) is 35.3. The Morgan fingerprint density at radius 3 is 2.38 bits per heavy atom. The number of aryl methyl sites for hydroxylation is 1. The van der Waals surface area contributed by atoms with E-state index in [0.717, 1.165) is 43.4 Å². The first-order valence-electron chi connectivity index (χ1n) is 16.9. The summed E-state index contributed by atoms with van der Waals surface area (Å²) in [6.45, 7) is 4.20. The van der Waals surface area contributed by atoms with E-state index in [4.69, 9.17) is 4.98 Å². The minimum absolute atomic E-state index is 0.119. The quantitative estimate of drug-likeness (QED) is 0.215. The fourth-order valence-electron chi connectivity index (χ4n) is 7.16. The molecule has 4 aromatic rings. The van der Waals surface area contributed by atoms with Crippen molar-refractivity contribution in [2.24, 2.45) is 0 Å². The second-order valence-electron chi connectivity index (χ2n) is 13.5. The Balaban J connectivity index is 1.25. The predicted octanol–water partition coefficient (Wildman–Crippen LogP) is 6.35. The van der Waals surface area contributed by atoms with Gasteiger partial charge >= 0.3 is 10.2 Å². The van der Waals surface area contributed by atoms with Crippen molar-refractivity contribution in [1.29, 1.82) is 0 Å². The molecule has 278 valence electrons. The van der Waals surface area contributed by atoms with Gasteiger partial charge in [-0.2, -0.15) is 9.50 Å². The second kappa shape index (κ2) is 12.0. The van der Waals surface area contributed by atoms with Crippen LogP contribution in [-0.2, 0) is 4.79 Å². The van der Waals surface area contributed by atoms with Crippen molar-refractivity contribution in [3.8, 4) is 5.75 Å². The van der Waals surface area contributed by atoms with Gasteiger partial charge in [-0.15, -0.1) is 5.10 Å². The van der Waals surface area contributed by atoms with Crippen molar-refractivity contribution in [2.45, 2.75) is 69.2 Å². The molecular weight excluding hydrogens is 713 g/mol. The Hall–Kier alpha value is -5.07. The summed E-state index contributed by atoms with van der Waals surface area (Å²) in [5.41, 5.74) is 1.21. The number of benzene rings is 1. The summed E-state index contributed by atoms with van der Waals surface area (Å²) >= 11 is 0. The van der Waals surface area contributed by atoms with Crippen LogP contribution >= 0.6 is 10.2 Å².